The van der Waals surface area contributed by atoms with Crippen molar-refractivity contribution in [1.29, 1.82) is 0 Å². The summed E-state index contributed by atoms with van der Waals surface area (Å²) in [6.07, 6.45) is 3.50. The maximum Gasteiger partial charge on any atom is 0.276 e. The Labute approximate surface area is 170 Å². The molecule has 1 atom stereocenters. The van der Waals surface area contributed by atoms with E-state index in [0.29, 0.717) is 31.9 Å². The van der Waals surface area contributed by atoms with Gasteiger partial charge < -0.3 is 15.1 Å². The van der Waals surface area contributed by atoms with Gasteiger partial charge in [-0.05, 0) is 37.5 Å². The molecule has 2 aliphatic rings. The number of halogens is 1. The van der Waals surface area contributed by atoms with Crippen LogP contribution in [0.3, 0.4) is 0 Å². The van der Waals surface area contributed by atoms with Crippen LogP contribution < -0.4 is 5.32 Å². The van der Waals surface area contributed by atoms with Crippen LogP contribution >= 0.6 is 12.4 Å². The number of hydrogen-bond donors (Lipinski definition) is 1. The summed E-state index contributed by atoms with van der Waals surface area (Å²) in [4.78, 5) is 28.8. The second kappa shape index (κ2) is 8.70. The fourth-order valence-electron chi connectivity index (χ4n) is 3.82. The Balaban J connectivity index is 0.00000225. The second-order valence-corrected chi connectivity index (χ2v) is 7.20. The largest absolute Gasteiger partial charge is 0.336 e. The molecule has 1 unspecified atom stereocenters. The van der Waals surface area contributed by atoms with Gasteiger partial charge in [0.1, 0.15) is 0 Å². The third-order valence-electron chi connectivity index (χ3n) is 5.23. The van der Waals surface area contributed by atoms with Gasteiger partial charge in [0, 0.05) is 32.2 Å². The summed E-state index contributed by atoms with van der Waals surface area (Å²) in [6, 6.07) is 7.98. The standard InChI is InChI=1S/C19H24N6O2.ClH/c1-14-4-2-5-15(10-14)25-13-17(21-22-25)19(27)23-8-3-6-16(12-23)24-9-7-20-11-18(24)26;/h2,4-5,10,13,16,20H,3,6-9,11-12H2,1H3;1H. The Morgan fingerprint density at radius 2 is 2.14 bits per heavy atom. The van der Waals surface area contributed by atoms with E-state index >= 15 is 0 Å². The highest BCUT2D eigenvalue weighted by Gasteiger charge is 2.32. The number of likely N-dealkylation sites (tertiary alicyclic amines) is 1. The molecule has 0 radical (unpaired) electrons. The Bertz CT molecular complexity index is 854. The molecular formula is C19H25ClN6O2. The molecule has 150 valence electrons. The van der Waals surface area contributed by atoms with E-state index in [4.69, 9.17) is 0 Å². The molecule has 0 bridgehead atoms. The minimum absolute atomic E-state index is 0. The van der Waals surface area contributed by atoms with Crippen LogP contribution in [0.15, 0.2) is 30.5 Å². The number of hydrogen-bond acceptors (Lipinski definition) is 5. The van der Waals surface area contributed by atoms with E-state index in [0.717, 1.165) is 30.6 Å². The van der Waals surface area contributed by atoms with Gasteiger partial charge in [-0.1, -0.05) is 17.3 Å². The first-order chi connectivity index (χ1) is 13.1. The molecule has 2 fully saturated rings. The number of nitrogens with zero attached hydrogens (tertiary/aromatic N) is 5. The Morgan fingerprint density at radius 3 is 2.93 bits per heavy atom. The zero-order valence-corrected chi connectivity index (χ0v) is 16.7. The van der Waals surface area contributed by atoms with Crippen molar-refractivity contribution in [1.82, 2.24) is 30.1 Å². The van der Waals surface area contributed by atoms with Crippen molar-refractivity contribution >= 4 is 24.2 Å². The highest BCUT2D eigenvalue weighted by Crippen LogP contribution is 2.19. The molecule has 2 amide bonds. The first-order valence-corrected chi connectivity index (χ1v) is 9.40. The minimum Gasteiger partial charge on any atom is -0.336 e. The highest BCUT2D eigenvalue weighted by atomic mass is 35.5. The topological polar surface area (TPSA) is 83.4 Å². The van der Waals surface area contributed by atoms with Crippen LogP contribution in [-0.4, -0.2) is 75.4 Å². The van der Waals surface area contributed by atoms with Crippen LogP contribution in [0.1, 0.15) is 28.9 Å². The lowest BCUT2D eigenvalue weighted by Crippen LogP contribution is -2.57. The van der Waals surface area contributed by atoms with E-state index in [-0.39, 0.29) is 30.3 Å². The summed E-state index contributed by atoms with van der Waals surface area (Å²) in [5, 5.41) is 11.3. The zero-order chi connectivity index (χ0) is 18.8. The minimum atomic E-state index is -0.124. The molecule has 2 saturated heterocycles. The van der Waals surface area contributed by atoms with Crippen molar-refractivity contribution < 1.29 is 9.59 Å². The maximum atomic E-state index is 12.9. The van der Waals surface area contributed by atoms with E-state index in [2.05, 4.69) is 15.6 Å². The number of carbonyl (C=O) groups excluding carboxylic acids is 2. The number of aryl methyl sites for hydroxylation is 1. The molecule has 0 spiro atoms. The van der Waals surface area contributed by atoms with Crippen LogP contribution in [0.4, 0.5) is 0 Å². The van der Waals surface area contributed by atoms with Crippen molar-refractivity contribution in [3.8, 4) is 5.69 Å². The number of piperazine rings is 1. The van der Waals surface area contributed by atoms with Gasteiger partial charge in [-0.25, -0.2) is 4.68 Å². The van der Waals surface area contributed by atoms with Gasteiger partial charge in [0.25, 0.3) is 5.91 Å². The fraction of sp³-hybridized carbons (Fsp3) is 0.474. The first kappa shape index (κ1) is 20.3. The molecule has 0 aliphatic carbocycles. The number of nitrogens with one attached hydrogen (secondary N) is 1. The van der Waals surface area contributed by atoms with Gasteiger partial charge in [-0.3, -0.25) is 9.59 Å². The number of benzene rings is 1. The molecule has 9 heteroatoms. The van der Waals surface area contributed by atoms with Crippen LogP contribution in [0.2, 0.25) is 0 Å². The van der Waals surface area contributed by atoms with Crippen molar-refractivity contribution in [2.45, 2.75) is 25.8 Å². The summed E-state index contributed by atoms with van der Waals surface area (Å²) in [6.45, 7) is 5.15. The Morgan fingerprint density at radius 1 is 1.29 bits per heavy atom. The lowest BCUT2D eigenvalue weighted by atomic mass is 10.0. The summed E-state index contributed by atoms with van der Waals surface area (Å²) in [5.74, 6) is -0.00729. The maximum absolute atomic E-state index is 12.9. The molecule has 4 rings (SSSR count). The molecule has 2 aliphatic heterocycles. The van der Waals surface area contributed by atoms with Crippen LogP contribution in [-0.2, 0) is 4.79 Å². The molecule has 0 saturated carbocycles. The van der Waals surface area contributed by atoms with Crippen molar-refractivity contribution in [2.75, 3.05) is 32.7 Å². The average molecular weight is 405 g/mol. The monoisotopic (exact) mass is 404 g/mol. The van der Waals surface area contributed by atoms with Gasteiger partial charge in [0.2, 0.25) is 5.91 Å². The molecule has 28 heavy (non-hydrogen) atoms. The summed E-state index contributed by atoms with van der Waals surface area (Å²) in [5.41, 5.74) is 2.34. The smallest absolute Gasteiger partial charge is 0.276 e. The van der Waals surface area contributed by atoms with Crippen LogP contribution in [0, 0.1) is 6.92 Å². The van der Waals surface area contributed by atoms with Gasteiger partial charge in [-0.15, -0.1) is 17.5 Å². The molecule has 2 aromatic rings. The fourth-order valence-corrected chi connectivity index (χ4v) is 3.82. The highest BCUT2D eigenvalue weighted by molar-refractivity contribution is 5.92. The predicted octanol–water partition coefficient (Wildman–Crippen LogP) is 1.03. The normalized spacial score (nSPS) is 20.0. The predicted molar refractivity (Wildman–Crippen MR) is 107 cm³/mol. The molecule has 3 heterocycles. The molecular weight excluding hydrogens is 380 g/mol. The van der Waals surface area contributed by atoms with Gasteiger partial charge >= 0.3 is 0 Å². The number of aromatic nitrogens is 3. The van der Waals surface area contributed by atoms with E-state index in [1.807, 2.05) is 36.1 Å². The molecule has 1 N–H and O–H groups in total. The number of amides is 2. The van der Waals surface area contributed by atoms with Gasteiger partial charge in [-0.2, -0.15) is 0 Å². The first-order valence-electron chi connectivity index (χ1n) is 9.40. The van der Waals surface area contributed by atoms with E-state index < -0.39 is 0 Å². The van der Waals surface area contributed by atoms with E-state index in [1.54, 1.807) is 15.8 Å². The van der Waals surface area contributed by atoms with E-state index in [9.17, 15) is 9.59 Å². The third-order valence-corrected chi connectivity index (χ3v) is 5.23. The van der Waals surface area contributed by atoms with Crippen LogP contribution in [0.25, 0.3) is 5.69 Å². The zero-order valence-electron chi connectivity index (χ0n) is 15.9. The van der Waals surface area contributed by atoms with E-state index in [1.165, 1.54) is 0 Å². The molecule has 1 aromatic carbocycles. The molecule has 1 aromatic heterocycles. The average Bonchev–Trinajstić information content (AvgIpc) is 3.18. The lowest BCUT2D eigenvalue weighted by Gasteiger charge is -2.40. The van der Waals surface area contributed by atoms with Gasteiger partial charge in [0.05, 0.1) is 18.4 Å². The number of piperidine rings is 1. The van der Waals surface area contributed by atoms with Crippen LogP contribution in [0.5, 0.6) is 0 Å². The lowest BCUT2D eigenvalue weighted by molar-refractivity contribution is -0.135. The summed E-state index contributed by atoms with van der Waals surface area (Å²) >= 11 is 0. The Kier molecular flexibility index (Phi) is 6.31. The van der Waals surface area contributed by atoms with Crippen molar-refractivity contribution in [3.63, 3.8) is 0 Å². The third kappa shape index (κ3) is 4.18. The quantitative estimate of drug-likeness (QED) is 0.826. The van der Waals surface area contributed by atoms with Crippen molar-refractivity contribution in [2.24, 2.45) is 0 Å². The summed E-state index contributed by atoms with van der Waals surface area (Å²) < 4.78 is 1.63. The SMILES string of the molecule is Cc1cccc(-n2cc(C(=O)N3CCCC(N4CCNCC4=O)C3)nn2)c1.Cl. The Hall–Kier alpha value is -2.45. The van der Waals surface area contributed by atoms with Gasteiger partial charge in [0.15, 0.2) is 5.69 Å². The van der Waals surface area contributed by atoms with Crippen molar-refractivity contribution in [3.05, 3.63) is 41.7 Å². The molecule has 8 nitrogen and oxygen atoms in total. The number of rotatable bonds is 3. The summed E-state index contributed by atoms with van der Waals surface area (Å²) in [7, 11) is 0. The second-order valence-electron chi connectivity index (χ2n) is 7.20. The number of carbonyl (C=O) groups is 2.